The van der Waals surface area contributed by atoms with Crippen molar-refractivity contribution in [3.8, 4) is 0 Å². The van der Waals surface area contributed by atoms with Crippen LogP contribution in [0.15, 0.2) is 54.6 Å². The van der Waals surface area contributed by atoms with E-state index in [2.05, 4.69) is 29.3 Å². The Morgan fingerprint density at radius 2 is 1.89 bits per heavy atom. The second kappa shape index (κ2) is 8.84. The molecule has 0 bridgehead atoms. The van der Waals surface area contributed by atoms with Gasteiger partial charge in [0.25, 0.3) is 5.69 Å². The fourth-order valence-electron chi connectivity index (χ4n) is 3.84. The van der Waals surface area contributed by atoms with Gasteiger partial charge in [0, 0.05) is 24.7 Å². The lowest BCUT2D eigenvalue weighted by Crippen LogP contribution is -2.51. The van der Waals surface area contributed by atoms with Crippen molar-refractivity contribution in [1.82, 2.24) is 4.90 Å². The fraction of sp³-hybridized carbons (Fsp3) is 0.381. The van der Waals surface area contributed by atoms with Gasteiger partial charge in [-0.2, -0.15) is 0 Å². The third-order valence-corrected chi connectivity index (χ3v) is 5.36. The van der Waals surface area contributed by atoms with E-state index in [-0.39, 0.29) is 23.7 Å². The zero-order valence-electron chi connectivity index (χ0n) is 16.1. The van der Waals surface area contributed by atoms with Crippen molar-refractivity contribution in [3.63, 3.8) is 0 Å². The summed E-state index contributed by atoms with van der Waals surface area (Å²) in [5.74, 6) is -0.281. The summed E-state index contributed by atoms with van der Waals surface area (Å²) in [5.41, 5.74) is 1.66. The summed E-state index contributed by atoms with van der Waals surface area (Å²) in [6.45, 7) is 2.77. The highest BCUT2D eigenvalue weighted by Crippen LogP contribution is 2.32. The van der Waals surface area contributed by atoms with Crippen LogP contribution in [0.3, 0.4) is 0 Å². The first-order valence-corrected chi connectivity index (χ1v) is 9.39. The number of esters is 1. The first kappa shape index (κ1) is 19.8. The van der Waals surface area contributed by atoms with Crippen LogP contribution in [0.2, 0.25) is 0 Å². The van der Waals surface area contributed by atoms with E-state index in [1.54, 1.807) is 18.2 Å². The van der Waals surface area contributed by atoms with Gasteiger partial charge in [-0.05, 0) is 31.4 Å². The molecule has 0 aromatic heterocycles. The van der Waals surface area contributed by atoms with E-state index < -0.39 is 11.0 Å². The van der Waals surface area contributed by atoms with Gasteiger partial charge in [0.1, 0.15) is 11.7 Å². The number of nitrogens with zero attached hydrogens (tertiary/aromatic N) is 2. The molecule has 7 heteroatoms. The molecule has 0 amide bonds. The first-order valence-electron chi connectivity index (χ1n) is 9.39. The van der Waals surface area contributed by atoms with Crippen molar-refractivity contribution in [2.24, 2.45) is 0 Å². The average molecular weight is 383 g/mol. The molecular formula is C21H25N3O4. The number of hydrogen-bond acceptors (Lipinski definition) is 6. The van der Waals surface area contributed by atoms with Crippen LogP contribution in [-0.4, -0.2) is 41.5 Å². The van der Waals surface area contributed by atoms with E-state index in [9.17, 15) is 14.9 Å². The maximum atomic E-state index is 12.5. The molecule has 2 aromatic rings. The van der Waals surface area contributed by atoms with Crippen LogP contribution >= 0.6 is 0 Å². The second-order valence-electron chi connectivity index (χ2n) is 7.00. The topological polar surface area (TPSA) is 84.7 Å². The Morgan fingerprint density at radius 1 is 1.21 bits per heavy atom. The van der Waals surface area contributed by atoms with Crippen LogP contribution in [0.25, 0.3) is 0 Å². The number of piperidine rings is 1. The van der Waals surface area contributed by atoms with Gasteiger partial charge in [-0.1, -0.05) is 42.5 Å². The molecule has 1 aliphatic rings. The monoisotopic (exact) mass is 383 g/mol. The molecule has 28 heavy (non-hydrogen) atoms. The third-order valence-electron chi connectivity index (χ3n) is 5.36. The summed E-state index contributed by atoms with van der Waals surface area (Å²) < 4.78 is 5.05. The van der Waals surface area contributed by atoms with Crippen molar-refractivity contribution in [2.45, 2.75) is 37.9 Å². The van der Waals surface area contributed by atoms with Crippen LogP contribution in [0.5, 0.6) is 0 Å². The number of ether oxygens (including phenoxy) is 1. The minimum Gasteiger partial charge on any atom is -0.468 e. The molecule has 7 nitrogen and oxygen atoms in total. The number of benzene rings is 2. The standard InChI is InChI=1S/C21H25N3O4/c1-15(16-8-4-3-5-9-16)23-13-12-17(14-20(23)21(25)28-2)22-18-10-6-7-11-19(18)24(26)27/h3-11,15,17,20,22H,12-14H2,1-2H3/t15-,17+,20+/m0/s1. The predicted molar refractivity (Wildman–Crippen MR) is 107 cm³/mol. The lowest BCUT2D eigenvalue weighted by atomic mass is 9.93. The zero-order valence-corrected chi connectivity index (χ0v) is 16.1. The first-order chi connectivity index (χ1) is 13.5. The summed E-state index contributed by atoms with van der Waals surface area (Å²) in [4.78, 5) is 25.5. The third kappa shape index (κ3) is 4.31. The van der Waals surface area contributed by atoms with Gasteiger partial charge in [-0.15, -0.1) is 0 Å². The van der Waals surface area contributed by atoms with Crippen molar-refractivity contribution in [3.05, 3.63) is 70.3 Å². The van der Waals surface area contributed by atoms with Crippen LogP contribution < -0.4 is 5.32 Å². The van der Waals surface area contributed by atoms with Crippen LogP contribution in [0, 0.1) is 10.1 Å². The number of hydrogen-bond donors (Lipinski definition) is 1. The minimum absolute atomic E-state index is 0.0391. The molecular weight excluding hydrogens is 358 g/mol. The van der Waals surface area contributed by atoms with Gasteiger partial charge in [-0.25, -0.2) is 0 Å². The van der Waals surface area contributed by atoms with Gasteiger partial charge in [-0.3, -0.25) is 19.8 Å². The highest BCUT2D eigenvalue weighted by molar-refractivity contribution is 5.76. The van der Waals surface area contributed by atoms with Gasteiger partial charge >= 0.3 is 5.97 Å². The van der Waals surface area contributed by atoms with E-state index >= 15 is 0 Å². The number of anilines is 1. The Morgan fingerprint density at radius 3 is 2.57 bits per heavy atom. The van der Waals surface area contributed by atoms with Crippen molar-refractivity contribution >= 4 is 17.3 Å². The molecule has 0 unspecified atom stereocenters. The smallest absolute Gasteiger partial charge is 0.323 e. The number of likely N-dealkylation sites (tertiary alicyclic amines) is 1. The number of nitro benzene ring substituents is 1. The van der Waals surface area contributed by atoms with E-state index in [0.717, 1.165) is 12.0 Å². The lowest BCUT2D eigenvalue weighted by Gasteiger charge is -2.41. The summed E-state index contributed by atoms with van der Waals surface area (Å²) in [6, 6.07) is 16.2. The fourth-order valence-corrected chi connectivity index (χ4v) is 3.84. The SMILES string of the molecule is COC(=O)[C@H]1C[C@H](Nc2ccccc2[N+](=O)[O-])CCN1[C@@H](C)c1ccccc1. The van der Waals surface area contributed by atoms with Crippen molar-refractivity contribution in [1.29, 1.82) is 0 Å². The molecule has 1 saturated heterocycles. The molecule has 0 aliphatic carbocycles. The normalized spacial score (nSPS) is 20.9. The number of methoxy groups -OCH3 is 1. The lowest BCUT2D eigenvalue weighted by molar-refractivity contribution is -0.384. The van der Waals surface area contributed by atoms with Crippen molar-refractivity contribution < 1.29 is 14.5 Å². The quantitative estimate of drug-likeness (QED) is 0.464. The molecule has 1 aliphatic heterocycles. The van der Waals surface area contributed by atoms with Crippen LogP contribution in [-0.2, 0) is 9.53 Å². The molecule has 0 radical (unpaired) electrons. The molecule has 0 spiro atoms. The predicted octanol–water partition coefficient (Wildman–Crippen LogP) is 3.77. The van der Waals surface area contributed by atoms with Gasteiger partial charge in [0.15, 0.2) is 0 Å². The number of para-hydroxylation sites is 2. The summed E-state index contributed by atoms with van der Waals surface area (Å²) >= 11 is 0. The van der Waals surface area contributed by atoms with E-state index in [4.69, 9.17) is 4.74 Å². The van der Waals surface area contributed by atoms with E-state index in [1.165, 1.54) is 13.2 Å². The maximum Gasteiger partial charge on any atom is 0.323 e. The Labute approximate surface area is 164 Å². The van der Waals surface area contributed by atoms with E-state index in [0.29, 0.717) is 18.7 Å². The molecule has 148 valence electrons. The van der Waals surface area contributed by atoms with Crippen LogP contribution in [0.4, 0.5) is 11.4 Å². The van der Waals surface area contributed by atoms with Gasteiger partial charge in [0.05, 0.1) is 12.0 Å². The molecule has 1 fully saturated rings. The largest absolute Gasteiger partial charge is 0.468 e. The number of nitro groups is 1. The van der Waals surface area contributed by atoms with E-state index in [1.807, 2.05) is 18.2 Å². The minimum atomic E-state index is -0.408. The molecule has 2 aromatic carbocycles. The summed E-state index contributed by atoms with van der Waals surface area (Å²) in [6.07, 6.45) is 1.30. The van der Waals surface area contributed by atoms with Gasteiger partial charge < -0.3 is 10.1 Å². The molecule has 3 atom stereocenters. The summed E-state index contributed by atoms with van der Waals surface area (Å²) in [7, 11) is 1.40. The Kier molecular flexibility index (Phi) is 6.26. The van der Waals surface area contributed by atoms with Crippen LogP contribution in [0.1, 0.15) is 31.4 Å². The number of nitrogens with one attached hydrogen (secondary N) is 1. The molecule has 1 N–H and O–H groups in total. The summed E-state index contributed by atoms with van der Waals surface area (Å²) in [5, 5.41) is 14.5. The maximum absolute atomic E-state index is 12.5. The average Bonchev–Trinajstić information content (AvgIpc) is 2.73. The zero-order chi connectivity index (χ0) is 20.1. The Balaban J connectivity index is 1.78. The number of carbonyl (C=O) groups excluding carboxylic acids is 1. The highest BCUT2D eigenvalue weighted by atomic mass is 16.6. The molecule has 1 heterocycles. The molecule has 0 saturated carbocycles. The van der Waals surface area contributed by atoms with Gasteiger partial charge in [0.2, 0.25) is 0 Å². The number of carbonyl (C=O) groups is 1. The second-order valence-corrected chi connectivity index (χ2v) is 7.00. The number of rotatable bonds is 6. The molecule has 3 rings (SSSR count). The highest BCUT2D eigenvalue weighted by Gasteiger charge is 2.37. The van der Waals surface area contributed by atoms with Crippen molar-refractivity contribution in [2.75, 3.05) is 19.0 Å². The Hall–Kier alpha value is -2.93. The Bertz CT molecular complexity index is 827.